The first-order valence-corrected chi connectivity index (χ1v) is 4.38. The van der Waals surface area contributed by atoms with Gasteiger partial charge in [-0.25, -0.2) is 0 Å². The molecule has 0 aliphatic carbocycles. The standard InChI is InChI=1S/C11H16O/c1-3-7-10(2)12-11-8-5-4-6-9-11/h4-6,8-10H,3,7H2,1-2H3/t10-/m1/s1/i7D/t7-,10-. The molecule has 0 bridgehead atoms. The van der Waals surface area contributed by atoms with Gasteiger partial charge in [-0.1, -0.05) is 31.5 Å². The first-order chi connectivity index (χ1) is 6.24. The lowest BCUT2D eigenvalue weighted by Crippen LogP contribution is -2.10. The van der Waals surface area contributed by atoms with E-state index < -0.39 is 0 Å². The fraction of sp³-hybridized carbons (Fsp3) is 0.455. The lowest BCUT2D eigenvalue weighted by atomic mass is 10.2. The summed E-state index contributed by atoms with van der Waals surface area (Å²) in [5, 5.41) is 0. The van der Waals surface area contributed by atoms with E-state index in [4.69, 9.17) is 6.11 Å². The highest BCUT2D eigenvalue weighted by Gasteiger charge is 2.00. The molecule has 0 N–H and O–H groups in total. The van der Waals surface area contributed by atoms with Crippen molar-refractivity contribution in [1.82, 2.24) is 0 Å². The van der Waals surface area contributed by atoms with Crippen LogP contribution in [0.4, 0.5) is 0 Å². The number of hydrogen-bond donors (Lipinski definition) is 0. The fourth-order valence-electron chi connectivity index (χ4n) is 1.09. The number of benzene rings is 1. The zero-order valence-corrected chi connectivity index (χ0v) is 7.66. The van der Waals surface area contributed by atoms with Gasteiger partial charge in [0, 0.05) is 1.37 Å². The number of para-hydroxylation sites is 1. The summed E-state index contributed by atoms with van der Waals surface area (Å²) in [6, 6.07) is 9.66. The Hall–Kier alpha value is -0.980. The molecule has 0 heterocycles. The van der Waals surface area contributed by atoms with Crippen LogP contribution in [-0.2, 0) is 0 Å². The summed E-state index contributed by atoms with van der Waals surface area (Å²) in [5.74, 6) is 0.848. The van der Waals surface area contributed by atoms with Gasteiger partial charge in [0.1, 0.15) is 5.75 Å². The monoisotopic (exact) mass is 165 g/mol. The van der Waals surface area contributed by atoms with Gasteiger partial charge in [-0.05, 0) is 25.5 Å². The minimum Gasteiger partial charge on any atom is -0.491 e. The van der Waals surface area contributed by atoms with E-state index in [9.17, 15) is 0 Å². The molecule has 0 unspecified atom stereocenters. The largest absolute Gasteiger partial charge is 0.491 e. The smallest absolute Gasteiger partial charge is 0.119 e. The van der Waals surface area contributed by atoms with Gasteiger partial charge >= 0.3 is 0 Å². The molecule has 0 amide bonds. The Bertz CT molecular complexity index is 235. The van der Waals surface area contributed by atoms with Crippen LogP contribution < -0.4 is 4.74 Å². The summed E-state index contributed by atoms with van der Waals surface area (Å²) < 4.78 is 13.2. The molecule has 2 atom stereocenters. The zero-order valence-electron chi connectivity index (χ0n) is 8.66. The predicted molar refractivity (Wildman–Crippen MR) is 51.4 cm³/mol. The van der Waals surface area contributed by atoms with Gasteiger partial charge in [0.05, 0.1) is 6.10 Å². The van der Waals surface area contributed by atoms with E-state index in [2.05, 4.69) is 0 Å². The molecule has 0 aliphatic heterocycles. The quantitative estimate of drug-likeness (QED) is 0.665. The second-order valence-corrected chi connectivity index (χ2v) is 2.78. The minimum atomic E-state index is -0.139. The Labute approximate surface area is 75.8 Å². The predicted octanol–water partition coefficient (Wildman–Crippen LogP) is 3.25. The molecule has 0 saturated carbocycles. The third kappa shape index (κ3) is 2.95. The van der Waals surface area contributed by atoms with Crippen molar-refractivity contribution in [3.8, 4) is 5.75 Å². The summed E-state index contributed by atoms with van der Waals surface area (Å²) in [4.78, 5) is 0. The highest BCUT2D eigenvalue weighted by atomic mass is 16.5. The maximum Gasteiger partial charge on any atom is 0.119 e. The number of hydrogen-bond acceptors (Lipinski definition) is 1. The van der Waals surface area contributed by atoms with Gasteiger partial charge in [-0.15, -0.1) is 0 Å². The van der Waals surface area contributed by atoms with Crippen molar-refractivity contribution in [2.45, 2.75) is 32.8 Å². The molecule has 0 aromatic heterocycles. The van der Waals surface area contributed by atoms with Crippen LogP contribution in [0.1, 0.15) is 28.0 Å². The van der Waals surface area contributed by atoms with Gasteiger partial charge in [-0.2, -0.15) is 0 Å². The van der Waals surface area contributed by atoms with E-state index in [1.54, 1.807) is 0 Å². The van der Waals surface area contributed by atoms with Gasteiger partial charge in [0.2, 0.25) is 0 Å². The minimum absolute atomic E-state index is 0.0348. The number of ether oxygens (including phenoxy) is 1. The van der Waals surface area contributed by atoms with Crippen LogP contribution in [-0.4, -0.2) is 6.10 Å². The maximum atomic E-state index is 7.65. The summed E-state index contributed by atoms with van der Waals surface area (Å²) in [5.41, 5.74) is 0. The van der Waals surface area contributed by atoms with Crippen molar-refractivity contribution >= 4 is 0 Å². The van der Waals surface area contributed by atoms with Crippen LogP contribution in [0.15, 0.2) is 30.3 Å². The van der Waals surface area contributed by atoms with E-state index in [1.807, 2.05) is 44.2 Å². The van der Waals surface area contributed by atoms with E-state index in [0.717, 1.165) is 12.2 Å². The summed E-state index contributed by atoms with van der Waals surface area (Å²) in [6.45, 7) is 3.94. The first-order valence-electron chi connectivity index (χ1n) is 4.95. The normalized spacial score (nSPS) is 16.3. The summed E-state index contributed by atoms with van der Waals surface area (Å²) in [6.07, 6.45) is 0.654. The van der Waals surface area contributed by atoms with E-state index in [-0.39, 0.29) is 12.5 Å². The van der Waals surface area contributed by atoms with Crippen molar-refractivity contribution in [3.05, 3.63) is 30.3 Å². The van der Waals surface area contributed by atoms with Crippen LogP contribution in [0.2, 0.25) is 0 Å². The van der Waals surface area contributed by atoms with E-state index in [0.29, 0.717) is 0 Å². The third-order valence-electron chi connectivity index (χ3n) is 1.63. The van der Waals surface area contributed by atoms with Crippen LogP contribution in [0.5, 0.6) is 5.75 Å². The maximum absolute atomic E-state index is 7.65. The molecule has 66 valence electrons. The second-order valence-electron chi connectivity index (χ2n) is 2.78. The topological polar surface area (TPSA) is 9.23 Å². The molecule has 0 aliphatic rings. The second kappa shape index (κ2) is 4.81. The van der Waals surface area contributed by atoms with Crippen LogP contribution >= 0.6 is 0 Å². The molecule has 1 aromatic carbocycles. The Balaban J connectivity index is 2.50. The van der Waals surface area contributed by atoms with Crippen molar-refractivity contribution in [1.29, 1.82) is 0 Å². The highest BCUT2D eigenvalue weighted by molar-refractivity contribution is 5.21. The van der Waals surface area contributed by atoms with E-state index >= 15 is 0 Å². The molecule has 1 rings (SSSR count). The van der Waals surface area contributed by atoms with Crippen molar-refractivity contribution < 1.29 is 6.11 Å². The molecule has 1 nitrogen and oxygen atoms in total. The van der Waals surface area contributed by atoms with E-state index in [1.165, 1.54) is 0 Å². The molecular formula is C11H16O. The SMILES string of the molecule is [2H][C@H](CC)[C@@H](C)Oc1ccccc1. The Kier molecular flexibility index (Phi) is 3.07. The lowest BCUT2D eigenvalue weighted by Gasteiger charge is -2.12. The molecule has 12 heavy (non-hydrogen) atoms. The van der Waals surface area contributed by atoms with Crippen LogP contribution in [0.3, 0.4) is 0 Å². The Morgan fingerprint density at radius 3 is 2.67 bits per heavy atom. The fourth-order valence-corrected chi connectivity index (χ4v) is 1.09. The molecule has 0 fully saturated rings. The van der Waals surface area contributed by atoms with Crippen molar-refractivity contribution in [3.63, 3.8) is 0 Å². The third-order valence-corrected chi connectivity index (χ3v) is 1.63. The molecular weight excluding hydrogens is 148 g/mol. The van der Waals surface area contributed by atoms with Crippen molar-refractivity contribution in [2.24, 2.45) is 0 Å². The molecule has 0 saturated heterocycles. The molecule has 1 aromatic rings. The van der Waals surface area contributed by atoms with Gasteiger partial charge < -0.3 is 4.74 Å². The summed E-state index contributed by atoms with van der Waals surface area (Å²) >= 11 is 0. The number of rotatable bonds is 4. The first kappa shape index (κ1) is 7.66. The zero-order chi connectivity index (χ0) is 9.68. The average Bonchev–Trinajstić information content (AvgIpc) is 2.18. The Morgan fingerprint density at radius 2 is 2.08 bits per heavy atom. The Morgan fingerprint density at radius 1 is 1.42 bits per heavy atom. The van der Waals surface area contributed by atoms with Crippen molar-refractivity contribution in [2.75, 3.05) is 0 Å². The van der Waals surface area contributed by atoms with Gasteiger partial charge in [0.15, 0.2) is 0 Å². The molecule has 0 spiro atoms. The van der Waals surface area contributed by atoms with Gasteiger partial charge in [-0.3, -0.25) is 0 Å². The molecule has 1 heteroatoms. The van der Waals surface area contributed by atoms with Crippen LogP contribution in [0.25, 0.3) is 0 Å². The highest BCUT2D eigenvalue weighted by Crippen LogP contribution is 2.12. The molecule has 0 radical (unpaired) electrons. The average molecular weight is 165 g/mol. The van der Waals surface area contributed by atoms with Crippen LogP contribution in [0, 0.1) is 0 Å². The van der Waals surface area contributed by atoms with Gasteiger partial charge in [0.25, 0.3) is 0 Å². The summed E-state index contributed by atoms with van der Waals surface area (Å²) in [7, 11) is 0. The lowest BCUT2D eigenvalue weighted by molar-refractivity contribution is 0.210.